The Labute approximate surface area is 131 Å². The lowest BCUT2D eigenvalue weighted by Crippen LogP contribution is -2.31. The van der Waals surface area contributed by atoms with Crippen molar-refractivity contribution in [1.82, 2.24) is 0 Å². The van der Waals surface area contributed by atoms with Crippen molar-refractivity contribution in [2.24, 2.45) is 0 Å². The minimum absolute atomic E-state index is 0.00942. The summed E-state index contributed by atoms with van der Waals surface area (Å²) in [7, 11) is 1.77. The molecule has 0 aromatic heterocycles. The summed E-state index contributed by atoms with van der Waals surface area (Å²) in [5.74, 6) is 0.109. The van der Waals surface area contributed by atoms with Crippen molar-refractivity contribution in [2.75, 3.05) is 11.9 Å². The van der Waals surface area contributed by atoms with Crippen LogP contribution in [0.1, 0.15) is 27.9 Å². The van der Waals surface area contributed by atoms with Crippen molar-refractivity contribution in [1.29, 1.82) is 0 Å². The number of aryl methyl sites for hydroxylation is 1. The number of nitrogens with zero attached hydrogens (tertiary/aromatic N) is 1. The van der Waals surface area contributed by atoms with Gasteiger partial charge < -0.3 is 4.90 Å². The van der Waals surface area contributed by atoms with Crippen LogP contribution in [-0.4, -0.2) is 18.7 Å². The lowest BCUT2D eigenvalue weighted by Gasteiger charge is -2.26. The van der Waals surface area contributed by atoms with Gasteiger partial charge in [-0.15, -0.1) is 0 Å². The molecule has 0 spiro atoms. The average Bonchev–Trinajstić information content (AvgIpc) is 2.50. The maximum Gasteiger partial charge on any atom is 0.227 e. The van der Waals surface area contributed by atoms with Gasteiger partial charge in [0.2, 0.25) is 5.91 Å². The van der Waals surface area contributed by atoms with E-state index in [-0.39, 0.29) is 11.7 Å². The van der Waals surface area contributed by atoms with Gasteiger partial charge in [-0.25, -0.2) is 0 Å². The lowest BCUT2D eigenvalue weighted by molar-refractivity contribution is -0.118. The zero-order valence-electron chi connectivity index (χ0n) is 11.6. The molecule has 0 aliphatic carbocycles. The molecule has 1 heterocycles. The monoisotopic (exact) mass is 343 g/mol. The molecule has 4 heteroatoms. The third-order valence-corrected chi connectivity index (χ3v) is 4.50. The standard InChI is InChI=1S/C17H14BrNO2/c1-19-15-8-6-12(10-11(15)7-9-16(19)20)17(21)13-4-2-3-5-14(13)18/h2-6,8,10H,7,9H2,1H3. The normalized spacial score (nSPS) is 14.0. The van der Waals surface area contributed by atoms with Crippen molar-refractivity contribution in [3.8, 4) is 0 Å². The second-order valence-corrected chi connectivity index (χ2v) is 5.96. The molecular formula is C17H14BrNO2. The molecular weight excluding hydrogens is 330 g/mol. The molecule has 3 nitrogen and oxygen atoms in total. The second-order valence-electron chi connectivity index (χ2n) is 5.11. The molecule has 1 aliphatic rings. The van der Waals surface area contributed by atoms with Crippen molar-refractivity contribution in [3.63, 3.8) is 0 Å². The number of anilines is 1. The maximum absolute atomic E-state index is 12.6. The van der Waals surface area contributed by atoms with E-state index in [9.17, 15) is 9.59 Å². The molecule has 0 fully saturated rings. The Morgan fingerprint density at radius 2 is 1.90 bits per heavy atom. The van der Waals surface area contributed by atoms with Gasteiger partial charge in [0.25, 0.3) is 0 Å². The third kappa shape index (κ3) is 2.51. The molecule has 2 aromatic rings. The number of carbonyl (C=O) groups excluding carboxylic acids is 2. The van der Waals surface area contributed by atoms with Crippen LogP contribution in [0.25, 0.3) is 0 Å². The number of benzene rings is 2. The van der Waals surface area contributed by atoms with Gasteiger partial charge in [-0.3, -0.25) is 9.59 Å². The van der Waals surface area contributed by atoms with E-state index in [1.807, 2.05) is 36.4 Å². The molecule has 0 atom stereocenters. The number of fused-ring (bicyclic) bond motifs is 1. The molecule has 0 bridgehead atoms. The molecule has 0 unspecified atom stereocenters. The van der Waals surface area contributed by atoms with Gasteiger partial charge in [0, 0.05) is 34.8 Å². The van der Waals surface area contributed by atoms with Gasteiger partial charge >= 0.3 is 0 Å². The van der Waals surface area contributed by atoms with Gasteiger partial charge in [-0.1, -0.05) is 28.1 Å². The zero-order valence-corrected chi connectivity index (χ0v) is 13.2. The fraction of sp³-hybridized carbons (Fsp3) is 0.176. The van der Waals surface area contributed by atoms with Crippen LogP contribution in [0.15, 0.2) is 46.9 Å². The Hall–Kier alpha value is -1.94. The third-order valence-electron chi connectivity index (χ3n) is 3.80. The number of ketones is 1. The number of carbonyl (C=O) groups is 2. The van der Waals surface area contributed by atoms with Crippen LogP contribution in [0.4, 0.5) is 5.69 Å². The van der Waals surface area contributed by atoms with E-state index >= 15 is 0 Å². The minimum Gasteiger partial charge on any atom is -0.315 e. The molecule has 0 N–H and O–H groups in total. The highest BCUT2D eigenvalue weighted by Gasteiger charge is 2.22. The minimum atomic E-state index is -0.00942. The van der Waals surface area contributed by atoms with Crippen molar-refractivity contribution in [2.45, 2.75) is 12.8 Å². The fourth-order valence-corrected chi connectivity index (χ4v) is 3.06. The number of amides is 1. The summed E-state index contributed by atoms with van der Waals surface area (Å²) in [4.78, 5) is 25.9. The van der Waals surface area contributed by atoms with Crippen molar-refractivity contribution < 1.29 is 9.59 Å². The van der Waals surface area contributed by atoms with E-state index in [2.05, 4.69) is 15.9 Å². The SMILES string of the molecule is CN1C(=O)CCc2cc(C(=O)c3ccccc3Br)ccc21. The van der Waals surface area contributed by atoms with E-state index in [0.717, 1.165) is 15.7 Å². The topological polar surface area (TPSA) is 37.4 Å². The van der Waals surface area contributed by atoms with E-state index in [1.165, 1.54) is 0 Å². The Bertz CT molecular complexity index is 739. The number of rotatable bonds is 2. The second kappa shape index (κ2) is 5.45. The van der Waals surface area contributed by atoms with E-state index in [1.54, 1.807) is 18.0 Å². The fourth-order valence-electron chi connectivity index (χ4n) is 2.60. The molecule has 1 amide bonds. The highest BCUT2D eigenvalue weighted by molar-refractivity contribution is 9.10. The van der Waals surface area contributed by atoms with Crippen LogP contribution in [0.5, 0.6) is 0 Å². The van der Waals surface area contributed by atoms with Gasteiger partial charge in [0.15, 0.2) is 5.78 Å². The summed E-state index contributed by atoms with van der Waals surface area (Å²) >= 11 is 3.41. The predicted molar refractivity (Wildman–Crippen MR) is 85.7 cm³/mol. The molecule has 21 heavy (non-hydrogen) atoms. The van der Waals surface area contributed by atoms with Crippen LogP contribution in [0.2, 0.25) is 0 Å². The molecule has 0 saturated carbocycles. The first-order valence-electron chi connectivity index (χ1n) is 6.76. The van der Waals surface area contributed by atoms with Crippen LogP contribution < -0.4 is 4.90 Å². The first-order chi connectivity index (χ1) is 10.1. The highest BCUT2D eigenvalue weighted by atomic mass is 79.9. The van der Waals surface area contributed by atoms with E-state index in [0.29, 0.717) is 24.0 Å². The summed E-state index contributed by atoms with van der Waals surface area (Å²) in [5.41, 5.74) is 3.26. The number of hydrogen-bond donors (Lipinski definition) is 0. The van der Waals surface area contributed by atoms with Crippen molar-refractivity contribution >= 4 is 33.3 Å². The molecule has 2 aromatic carbocycles. The predicted octanol–water partition coefficient (Wildman–Crippen LogP) is 3.59. The van der Waals surface area contributed by atoms with Gasteiger partial charge in [-0.05, 0) is 42.3 Å². The summed E-state index contributed by atoms with van der Waals surface area (Å²) in [6, 6.07) is 12.9. The van der Waals surface area contributed by atoms with Crippen LogP contribution >= 0.6 is 15.9 Å². The van der Waals surface area contributed by atoms with Crippen LogP contribution in [-0.2, 0) is 11.2 Å². The quantitative estimate of drug-likeness (QED) is 0.781. The van der Waals surface area contributed by atoms with Gasteiger partial charge in [0.1, 0.15) is 0 Å². The first kappa shape index (κ1) is 14.0. The van der Waals surface area contributed by atoms with Gasteiger partial charge in [-0.2, -0.15) is 0 Å². The highest BCUT2D eigenvalue weighted by Crippen LogP contribution is 2.29. The number of hydrogen-bond acceptors (Lipinski definition) is 2. The summed E-state index contributed by atoms with van der Waals surface area (Å²) in [5, 5.41) is 0. The largest absolute Gasteiger partial charge is 0.315 e. The molecule has 3 rings (SSSR count). The Morgan fingerprint density at radius 3 is 2.67 bits per heavy atom. The van der Waals surface area contributed by atoms with Crippen molar-refractivity contribution in [3.05, 3.63) is 63.6 Å². The van der Waals surface area contributed by atoms with Crippen LogP contribution in [0.3, 0.4) is 0 Å². The Kier molecular flexibility index (Phi) is 3.64. The zero-order chi connectivity index (χ0) is 15.0. The summed E-state index contributed by atoms with van der Waals surface area (Å²) in [6.07, 6.45) is 1.19. The first-order valence-corrected chi connectivity index (χ1v) is 7.56. The smallest absolute Gasteiger partial charge is 0.227 e. The Balaban J connectivity index is 2.00. The molecule has 0 saturated heterocycles. The molecule has 106 valence electrons. The maximum atomic E-state index is 12.6. The summed E-state index contributed by atoms with van der Waals surface area (Å²) in [6.45, 7) is 0. The summed E-state index contributed by atoms with van der Waals surface area (Å²) < 4.78 is 0.792. The van der Waals surface area contributed by atoms with Gasteiger partial charge in [0.05, 0.1) is 0 Å². The number of halogens is 1. The molecule has 0 radical (unpaired) electrons. The van der Waals surface area contributed by atoms with E-state index < -0.39 is 0 Å². The lowest BCUT2D eigenvalue weighted by atomic mass is 9.95. The molecule has 1 aliphatic heterocycles. The van der Waals surface area contributed by atoms with E-state index in [4.69, 9.17) is 0 Å². The van der Waals surface area contributed by atoms with Crippen LogP contribution in [0, 0.1) is 0 Å². The average molecular weight is 344 g/mol. The Morgan fingerprint density at radius 1 is 1.14 bits per heavy atom.